The highest BCUT2D eigenvalue weighted by molar-refractivity contribution is 7.89. The molecule has 0 radical (unpaired) electrons. The molecule has 1 saturated carbocycles. The molecule has 0 spiro atoms. The van der Waals surface area contributed by atoms with Crippen LogP contribution in [0.5, 0.6) is 5.75 Å². The van der Waals surface area contributed by atoms with Gasteiger partial charge in [0, 0.05) is 12.2 Å². The molecule has 0 aliphatic heterocycles. The third kappa shape index (κ3) is 3.43. The van der Waals surface area contributed by atoms with Crippen molar-refractivity contribution < 1.29 is 13.2 Å². The molecule has 1 fully saturated rings. The number of ether oxygens (including phenoxy) is 1. The second kappa shape index (κ2) is 6.01. The molecule has 5 nitrogen and oxygen atoms in total. The summed E-state index contributed by atoms with van der Waals surface area (Å²) in [5.41, 5.74) is 6.07. The summed E-state index contributed by atoms with van der Waals surface area (Å²) in [5.74, 6) is 1.42. The van der Waals surface area contributed by atoms with Crippen molar-refractivity contribution in [2.24, 2.45) is 11.8 Å². The predicted octanol–water partition coefficient (Wildman–Crippen LogP) is 1.99. The maximum Gasteiger partial charge on any atom is 0.244 e. The minimum Gasteiger partial charge on any atom is -0.495 e. The van der Waals surface area contributed by atoms with E-state index in [2.05, 4.69) is 11.6 Å². The largest absolute Gasteiger partial charge is 0.495 e. The first-order chi connectivity index (χ1) is 9.42. The fraction of sp³-hybridized carbons (Fsp3) is 0.571. The van der Waals surface area contributed by atoms with Crippen LogP contribution < -0.4 is 15.2 Å². The first kappa shape index (κ1) is 15.1. The molecule has 2 atom stereocenters. The molecule has 1 aromatic carbocycles. The van der Waals surface area contributed by atoms with Gasteiger partial charge in [0.15, 0.2) is 0 Å². The molecule has 112 valence electrons. The summed E-state index contributed by atoms with van der Waals surface area (Å²) in [4.78, 5) is 0.103. The highest BCUT2D eigenvalue weighted by atomic mass is 32.2. The van der Waals surface area contributed by atoms with E-state index >= 15 is 0 Å². The van der Waals surface area contributed by atoms with Crippen LogP contribution in [0.25, 0.3) is 0 Å². The number of nitrogen functional groups attached to an aromatic ring is 1. The Labute approximate surface area is 120 Å². The lowest BCUT2D eigenvalue weighted by atomic mass is 10.1. The number of sulfonamides is 1. The Bertz CT molecular complexity index is 572. The van der Waals surface area contributed by atoms with Gasteiger partial charge in [0.05, 0.1) is 7.11 Å². The number of nitrogens with two attached hydrogens (primary N) is 1. The van der Waals surface area contributed by atoms with E-state index in [0.29, 0.717) is 29.8 Å². The van der Waals surface area contributed by atoms with Crippen LogP contribution in [0, 0.1) is 11.8 Å². The van der Waals surface area contributed by atoms with Crippen molar-refractivity contribution in [1.29, 1.82) is 0 Å². The van der Waals surface area contributed by atoms with Gasteiger partial charge in [-0.05, 0) is 42.9 Å². The molecular formula is C14H22N2O3S. The SMILES string of the molecule is COc1ccc(N)cc1S(=O)(=O)NCC1CCC(C)C1. The summed E-state index contributed by atoms with van der Waals surface area (Å²) >= 11 is 0. The Morgan fingerprint density at radius 1 is 1.40 bits per heavy atom. The summed E-state index contributed by atoms with van der Waals surface area (Å²) in [6.45, 7) is 2.68. The van der Waals surface area contributed by atoms with Gasteiger partial charge in [0.1, 0.15) is 10.6 Å². The van der Waals surface area contributed by atoms with Crippen LogP contribution >= 0.6 is 0 Å². The normalized spacial score (nSPS) is 22.9. The predicted molar refractivity (Wildman–Crippen MR) is 79.1 cm³/mol. The van der Waals surface area contributed by atoms with E-state index in [1.165, 1.54) is 19.6 Å². The Morgan fingerprint density at radius 3 is 2.75 bits per heavy atom. The van der Waals surface area contributed by atoms with Gasteiger partial charge in [-0.3, -0.25) is 0 Å². The first-order valence-corrected chi connectivity index (χ1v) is 8.34. The van der Waals surface area contributed by atoms with Crippen LogP contribution in [-0.4, -0.2) is 22.1 Å². The molecule has 0 amide bonds. The molecule has 0 heterocycles. The van der Waals surface area contributed by atoms with Gasteiger partial charge in [-0.25, -0.2) is 13.1 Å². The molecule has 0 bridgehead atoms. The number of anilines is 1. The molecule has 3 N–H and O–H groups in total. The molecule has 1 aliphatic carbocycles. The van der Waals surface area contributed by atoms with Crippen LogP contribution in [0.2, 0.25) is 0 Å². The quantitative estimate of drug-likeness (QED) is 0.815. The zero-order chi connectivity index (χ0) is 14.8. The average Bonchev–Trinajstić information content (AvgIpc) is 2.82. The van der Waals surface area contributed by atoms with Gasteiger partial charge in [-0.2, -0.15) is 0 Å². The third-order valence-corrected chi connectivity index (χ3v) is 5.29. The summed E-state index contributed by atoms with van der Waals surface area (Å²) in [5, 5.41) is 0. The minimum atomic E-state index is -3.59. The van der Waals surface area contributed by atoms with Gasteiger partial charge >= 0.3 is 0 Å². The Balaban J connectivity index is 2.12. The van der Waals surface area contributed by atoms with Gasteiger partial charge in [-0.15, -0.1) is 0 Å². The highest BCUT2D eigenvalue weighted by Crippen LogP contribution is 2.30. The van der Waals surface area contributed by atoms with Crippen LogP contribution in [0.3, 0.4) is 0 Å². The fourth-order valence-corrected chi connectivity index (χ4v) is 4.04. The Morgan fingerprint density at radius 2 is 2.15 bits per heavy atom. The molecule has 0 saturated heterocycles. The topological polar surface area (TPSA) is 81.4 Å². The van der Waals surface area contributed by atoms with E-state index in [4.69, 9.17) is 10.5 Å². The third-order valence-electron chi connectivity index (χ3n) is 3.84. The first-order valence-electron chi connectivity index (χ1n) is 6.85. The second-order valence-electron chi connectivity index (χ2n) is 5.55. The lowest BCUT2D eigenvalue weighted by Crippen LogP contribution is -2.29. The fourth-order valence-electron chi connectivity index (χ4n) is 2.72. The standard InChI is InChI=1S/C14H22N2O3S/c1-10-3-4-11(7-10)9-16-20(17,18)14-8-12(15)5-6-13(14)19-2/h5-6,8,10-11,16H,3-4,7,9,15H2,1-2H3. The van der Waals surface area contributed by atoms with E-state index in [1.54, 1.807) is 12.1 Å². The van der Waals surface area contributed by atoms with E-state index in [9.17, 15) is 8.42 Å². The minimum absolute atomic E-state index is 0.103. The van der Waals surface area contributed by atoms with Crippen molar-refractivity contribution >= 4 is 15.7 Å². The van der Waals surface area contributed by atoms with Crippen LogP contribution in [-0.2, 0) is 10.0 Å². The van der Waals surface area contributed by atoms with Crippen LogP contribution in [0.1, 0.15) is 26.2 Å². The number of hydrogen-bond acceptors (Lipinski definition) is 4. The van der Waals surface area contributed by atoms with Gasteiger partial charge in [0.2, 0.25) is 10.0 Å². The van der Waals surface area contributed by atoms with Crippen molar-refractivity contribution in [3.63, 3.8) is 0 Å². The van der Waals surface area contributed by atoms with Crippen LogP contribution in [0.15, 0.2) is 23.1 Å². The van der Waals surface area contributed by atoms with Crippen molar-refractivity contribution in [2.45, 2.75) is 31.1 Å². The van der Waals surface area contributed by atoms with Gasteiger partial charge < -0.3 is 10.5 Å². The van der Waals surface area contributed by atoms with Crippen molar-refractivity contribution in [1.82, 2.24) is 4.72 Å². The van der Waals surface area contributed by atoms with E-state index in [1.807, 2.05) is 0 Å². The molecule has 20 heavy (non-hydrogen) atoms. The lowest BCUT2D eigenvalue weighted by Gasteiger charge is -2.14. The molecule has 2 rings (SSSR count). The van der Waals surface area contributed by atoms with Gasteiger partial charge in [0.25, 0.3) is 0 Å². The molecular weight excluding hydrogens is 276 g/mol. The monoisotopic (exact) mass is 298 g/mol. The number of methoxy groups -OCH3 is 1. The molecule has 2 unspecified atom stereocenters. The zero-order valence-corrected chi connectivity index (χ0v) is 12.7. The van der Waals surface area contributed by atoms with Gasteiger partial charge in [-0.1, -0.05) is 13.3 Å². The number of nitrogens with one attached hydrogen (secondary N) is 1. The summed E-state index contributed by atoms with van der Waals surface area (Å²) in [6.07, 6.45) is 3.34. The Hall–Kier alpha value is -1.27. The van der Waals surface area contributed by atoms with Crippen molar-refractivity contribution in [3.05, 3.63) is 18.2 Å². The maximum absolute atomic E-state index is 12.4. The number of hydrogen-bond donors (Lipinski definition) is 2. The van der Waals surface area contributed by atoms with E-state index < -0.39 is 10.0 Å². The number of rotatable bonds is 5. The van der Waals surface area contributed by atoms with E-state index in [0.717, 1.165) is 12.8 Å². The average molecular weight is 298 g/mol. The summed E-state index contributed by atoms with van der Waals surface area (Å²) in [6, 6.07) is 4.62. The lowest BCUT2D eigenvalue weighted by molar-refractivity contribution is 0.402. The molecule has 1 aromatic rings. The van der Waals surface area contributed by atoms with E-state index in [-0.39, 0.29) is 4.90 Å². The molecule has 0 aromatic heterocycles. The molecule has 1 aliphatic rings. The number of benzene rings is 1. The Kier molecular flexibility index (Phi) is 4.55. The highest BCUT2D eigenvalue weighted by Gasteiger charge is 2.25. The summed E-state index contributed by atoms with van der Waals surface area (Å²) in [7, 11) is -2.14. The maximum atomic E-state index is 12.4. The summed E-state index contributed by atoms with van der Waals surface area (Å²) < 4.78 is 32.5. The van der Waals surface area contributed by atoms with Crippen molar-refractivity contribution in [3.8, 4) is 5.75 Å². The van der Waals surface area contributed by atoms with Crippen LogP contribution in [0.4, 0.5) is 5.69 Å². The van der Waals surface area contributed by atoms with Crippen molar-refractivity contribution in [2.75, 3.05) is 19.4 Å². The zero-order valence-electron chi connectivity index (χ0n) is 11.9. The second-order valence-corrected chi connectivity index (χ2v) is 7.28. The smallest absolute Gasteiger partial charge is 0.244 e. The molecule has 6 heteroatoms.